The van der Waals surface area contributed by atoms with Gasteiger partial charge < -0.3 is 36.3 Å². The number of nitriles is 2. The molecule has 2 aliphatic carbocycles. The molecule has 13 nitrogen and oxygen atoms in total. The van der Waals surface area contributed by atoms with Crippen molar-refractivity contribution in [1.29, 1.82) is 10.5 Å². The maximum Gasteiger partial charge on any atom is 0.162 e. The molecule has 0 bridgehead atoms. The third-order valence-corrected chi connectivity index (χ3v) is 13.1. The number of nitrogens with zero attached hydrogens (tertiary/aromatic N) is 4. The van der Waals surface area contributed by atoms with Gasteiger partial charge in [0, 0.05) is 50.9 Å². The van der Waals surface area contributed by atoms with Gasteiger partial charge in [-0.15, -0.1) is 0 Å². The lowest BCUT2D eigenvalue weighted by atomic mass is 9.68. The number of rotatable bonds is 6. The predicted octanol–water partition coefficient (Wildman–Crippen LogP) is 10.5. The molecule has 17 heteroatoms. The van der Waals surface area contributed by atoms with Gasteiger partial charge in [-0.1, -0.05) is 71.7 Å². The van der Waals surface area contributed by atoms with E-state index in [4.69, 9.17) is 26.0 Å². The highest BCUT2D eigenvalue weighted by Gasteiger charge is 2.47. The zero-order valence-corrected chi connectivity index (χ0v) is 42.2. The molecule has 0 spiro atoms. The molecule has 2 aliphatic heterocycles. The van der Waals surface area contributed by atoms with E-state index < -0.39 is 23.5 Å². The number of phenols is 2. The van der Waals surface area contributed by atoms with Crippen molar-refractivity contribution in [3.63, 3.8) is 0 Å². The van der Waals surface area contributed by atoms with Crippen molar-refractivity contribution in [2.45, 2.75) is 72.1 Å². The molecule has 360 valence electrons. The molecule has 2 atom stereocenters. The van der Waals surface area contributed by atoms with Crippen molar-refractivity contribution in [1.82, 2.24) is 0 Å². The highest BCUT2D eigenvalue weighted by molar-refractivity contribution is 9.10. The van der Waals surface area contributed by atoms with Gasteiger partial charge in [0.25, 0.3) is 0 Å². The van der Waals surface area contributed by atoms with Crippen LogP contribution in [-0.4, -0.2) is 47.7 Å². The fraction of sp³-hybridized carbons (Fsp3) is 0.308. The predicted molar refractivity (Wildman–Crippen MR) is 264 cm³/mol. The molecule has 2 heterocycles. The molecule has 2 unspecified atom stereocenters. The minimum Gasteiger partial charge on any atom is -0.504 e. The lowest BCUT2D eigenvalue weighted by molar-refractivity contribution is -0.119. The number of hydrogen-bond acceptors (Lipinski definition) is 13. The number of benzene rings is 4. The number of aliphatic hydroxyl groups is 1. The van der Waals surface area contributed by atoms with Gasteiger partial charge >= 0.3 is 0 Å². The fourth-order valence-electron chi connectivity index (χ4n) is 9.33. The topological polar surface area (TPSA) is 219 Å². The van der Waals surface area contributed by atoms with E-state index in [2.05, 4.69) is 44.0 Å². The van der Waals surface area contributed by atoms with Crippen molar-refractivity contribution < 1.29 is 43.2 Å². The standard InChI is InChI=1S/2C25H23BrFN3O3.C2H6O/c2*1-25(2)10-18-23(20(32)11-25)22(13-4-7-21(33-3)19(31)8-13)15(12-28)24(29)30(18)17-6-5-14(26)9-16(17)27;1-2-3/h2*4-9,22,31H,10-11,29H2,1-3H3;3H,2H2,1H3. The molecule has 4 aromatic rings. The van der Waals surface area contributed by atoms with Crippen LogP contribution in [-0.2, 0) is 9.59 Å². The maximum atomic E-state index is 15.1. The molecule has 69 heavy (non-hydrogen) atoms. The number of Topliss-reactive ketones (excluding diaryl/α,β-unsaturated/α-hetero) is 2. The third kappa shape index (κ3) is 10.2. The number of phenolic OH excluding ortho intramolecular Hbond substituents is 2. The average molecular weight is 1070 g/mol. The molecule has 0 radical (unpaired) electrons. The van der Waals surface area contributed by atoms with E-state index in [1.165, 1.54) is 48.3 Å². The van der Waals surface area contributed by atoms with Crippen LogP contribution in [0.25, 0.3) is 0 Å². The van der Waals surface area contributed by atoms with E-state index in [1.807, 2.05) is 27.7 Å². The molecular formula is C52H52Br2F2N6O7. The maximum absolute atomic E-state index is 15.1. The lowest BCUT2D eigenvalue weighted by Gasteiger charge is -2.43. The number of ketones is 2. The smallest absolute Gasteiger partial charge is 0.162 e. The van der Waals surface area contributed by atoms with Gasteiger partial charge in [0.1, 0.15) is 23.3 Å². The first-order chi connectivity index (χ1) is 32.6. The average Bonchev–Trinajstić information content (AvgIpc) is 3.26. The number of halogens is 4. The van der Waals surface area contributed by atoms with Crippen LogP contribution < -0.4 is 30.7 Å². The number of carbonyl (C=O) groups is 2. The van der Waals surface area contributed by atoms with Gasteiger partial charge in [-0.25, -0.2) is 8.78 Å². The largest absolute Gasteiger partial charge is 0.504 e. The molecule has 7 N–H and O–H groups in total. The first-order valence-corrected chi connectivity index (χ1v) is 23.3. The fourth-order valence-corrected chi connectivity index (χ4v) is 10.00. The summed E-state index contributed by atoms with van der Waals surface area (Å²) in [5.41, 5.74) is 15.8. The molecule has 4 aromatic carbocycles. The Labute approximate surface area is 416 Å². The molecule has 0 aromatic heterocycles. The van der Waals surface area contributed by atoms with E-state index in [1.54, 1.807) is 55.5 Å². The van der Waals surface area contributed by atoms with Crippen LogP contribution in [0.5, 0.6) is 23.0 Å². The summed E-state index contributed by atoms with van der Waals surface area (Å²) in [7, 11) is 2.87. The van der Waals surface area contributed by atoms with Crippen LogP contribution in [0.2, 0.25) is 0 Å². The second-order valence-electron chi connectivity index (χ2n) is 18.3. The number of allylic oxidation sites excluding steroid dienone is 6. The number of methoxy groups -OCH3 is 2. The summed E-state index contributed by atoms with van der Waals surface area (Å²) >= 11 is 6.52. The van der Waals surface area contributed by atoms with Gasteiger partial charge in [0.15, 0.2) is 34.6 Å². The van der Waals surface area contributed by atoms with Crippen molar-refractivity contribution in [2.24, 2.45) is 22.3 Å². The van der Waals surface area contributed by atoms with Crippen LogP contribution in [0.1, 0.15) is 83.3 Å². The summed E-state index contributed by atoms with van der Waals surface area (Å²) in [6, 6.07) is 22.9. The molecule has 0 fully saturated rings. The van der Waals surface area contributed by atoms with Crippen molar-refractivity contribution in [2.75, 3.05) is 30.6 Å². The molecule has 0 amide bonds. The minimum atomic E-state index is -0.778. The monoisotopic (exact) mass is 1070 g/mol. The van der Waals surface area contributed by atoms with Crippen molar-refractivity contribution >= 4 is 54.8 Å². The molecule has 4 aliphatic rings. The zero-order chi connectivity index (χ0) is 50.9. The Kier molecular flexibility index (Phi) is 15.4. The summed E-state index contributed by atoms with van der Waals surface area (Å²) in [4.78, 5) is 29.9. The Morgan fingerprint density at radius 3 is 1.30 bits per heavy atom. The highest BCUT2D eigenvalue weighted by Crippen LogP contribution is 2.53. The SMILES string of the molecule is CCO.COc1ccc(C2C(C#N)=C(N)N(c3ccc(Br)cc3F)C3=C2C(=O)CC(C)(C)C3)cc1O.COc1ccc(C2C(C#N)=C(N)N(c3ccc(Br)cc3F)C3=C2C(=O)CC(C)(C)C3)cc1O. The van der Waals surface area contributed by atoms with E-state index in [-0.39, 0.29) is 99.0 Å². The quantitative estimate of drug-likeness (QED) is 0.122. The van der Waals surface area contributed by atoms with Crippen LogP contribution in [0, 0.1) is 45.1 Å². The summed E-state index contributed by atoms with van der Waals surface area (Å²) in [5.74, 6) is -2.46. The van der Waals surface area contributed by atoms with Crippen LogP contribution in [0.15, 0.2) is 127 Å². The van der Waals surface area contributed by atoms with Gasteiger partial charge in [-0.3, -0.25) is 19.4 Å². The van der Waals surface area contributed by atoms with Crippen LogP contribution in [0.4, 0.5) is 20.2 Å². The van der Waals surface area contributed by atoms with E-state index >= 15 is 8.78 Å². The third-order valence-electron chi connectivity index (χ3n) is 12.1. The second-order valence-corrected chi connectivity index (χ2v) is 20.2. The van der Waals surface area contributed by atoms with Crippen molar-refractivity contribution in [3.8, 4) is 35.1 Å². The highest BCUT2D eigenvalue weighted by atomic mass is 79.9. The van der Waals surface area contributed by atoms with Crippen LogP contribution in [0.3, 0.4) is 0 Å². The number of aliphatic hydroxyl groups excluding tert-OH is 1. The Hall–Kier alpha value is -6.66. The Bertz CT molecular complexity index is 2770. The Morgan fingerprint density at radius 2 is 1.01 bits per heavy atom. The number of ether oxygens (including phenoxy) is 2. The lowest BCUT2D eigenvalue weighted by Crippen LogP contribution is -2.42. The zero-order valence-electron chi connectivity index (χ0n) is 39.0. The summed E-state index contributed by atoms with van der Waals surface area (Å²) in [5, 5.41) is 48.5. The Balaban J connectivity index is 0.000000215. The second kappa shape index (κ2) is 20.5. The first kappa shape index (κ1) is 51.7. The van der Waals surface area contributed by atoms with Crippen molar-refractivity contribution in [3.05, 3.63) is 150 Å². The molecule has 0 saturated heterocycles. The van der Waals surface area contributed by atoms with Gasteiger partial charge in [-0.05, 0) is 102 Å². The first-order valence-electron chi connectivity index (χ1n) is 21.7. The van der Waals surface area contributed by atoms with Gasteiger partial charge in [0.2, 0.25) is 0 Å². The number of nitrogens with two attached hydrogens (primary N) is 2. The van der Waals surface area contributed by atoms with Gasteiger partial charge in [0.05, 0.1) is 60.7 Å². The number of hydrogen-bond donors (Lipinski definition) is 5. The number of aromatic hydroxyl groups is 2. The normalized spacial score (nSPS) is 19.3. The molecule has 0 saturated carbocycles. The minimum absolute atomic E-state index is 0.0586. The van der Waals surface area contributed by atoms with Gasteiger partial charge in [-0.2, -0.15) is 10.5 Å². The summed E-state index contributed by atoms with van der Waals surface area (Å²) in [6.45, 7) is 9.81. The molecular weight excluding hydrogens is 1020 g/mol. The van der Waals surface area contributed by atoms with Crippen LogP contribution >= 0.6 is 31.9 Å². The number of anilines is 2. The Morgan fingerprint density at radius 1 is 0.667 bits per heavy atom. The van der Waals surface area contributed by atoms with E-state index in [0.717, 1.165) is 0 Å². The van der Waals surface area contributed by atoms with E-state index in [9.17, 15) is 30.3 Å². The number of carbonyl (C=O) groups excluding carboxylic acids is 2. The molecule has 8 rings (SSSR count). The van der Waals surface area contributed by atoms with E-state index in [0.29, 0.717) is 55.5 Å². The summed E-state index contributed by atoms with van der Waals surface area (Å²) < 4.78 is 41.5. The summed E-state index contributed by atoms with van der Waals surface area (Å²) in [6.07, 6.45) is 1.47.